The molecule has 2 amide bonds. The molecule has 2 rings (SSSR count). The molecule has 0 spiro atoms. The first-order chi connectivity index (χ1) is 9.52. The summed E-state index contributed by atoms with van der Waals surface area (Å²) in [6.45, 7) is 4.50. The van der Waals surface area contributed by atoms with Crippen molar-refractivity contribution in [2.45, 2.75) is 32.7 Å². The predicted octanol–water partition coefficient (Wildman–Crippen LogP) is 1.41. The summed E-state index contributed by atoms with van der Waals surface area (Å²) in [5, 5.41) is 11.7. The molecule has 0 aliphatic carbocycles. The lowest BCUT2D eigenvalue weighted by Crippen LogP contribution is -2.38. The maximum atomic E-state index is 12.5. The van der Waals surface area contributed by atoms with Crippen LogP contribution in [0.3, 0.4) is 0 Å². The highest BCUT2D eigenvalue weighted by Crippen LogP contribution is 2.24. The van der Waals surface area contributed by atoms with E-state index in [1.807, 2.05) is 13.8 Å². The Morgan fingerprint density at radius 2 is 2.20 bits per heavy atom. The van der Waals surface area contributed by atoms with E-state index in [4.69, 9.17) is 5.11 Å². The van der Waals surface area contributed by atoms with E-state index in [-0.39, 0.29) is 24.5 Å². The number of benzene rings is 1. The topological polar surface area (TPSA) is 69.6 Å². The van der Waals surface area contributed by atoms with Gasteiger partial charge in [0.2, 0.25) is 5.91 Å². The SMILES string of the molecule is CC(C)N(CCCO)C(=O)c1ccc2c(c1)CC(=O)N2. The van der Waals surface area contributed by atoms with Gasteiger partial charge >= 0.3 is 0 Å². The molecule has 1 aromatic rings. The van der Waals surface area contributed by atoms with Gasteiger partial charge in [-0.25, -0.2) is 0 Å². The third-order valence-electron chi connectivity index (χ3n) is 3.42. The minimum Gasteiger partial charge on any atom is -0.396 e. The number of rotatable bonds is 5. The van der Waals surface area contributed by atoms with Crippen LogP contribution in [0.25, 0.3) is 0 Å². The van der Waals surface area contributed by atoms with Crippen LogP contribution in [0.2, 0.25) is 0 Å². The van der Waals surface area contributed by atoms with E-state index in [2.05, 4.69) is 5.32 Å². The Bertz CT molecular complexity index is 526. The second-order valence-corrected chi connectivity index (χ2v) is 5.27. The molecule has 1 aliphatic rings. The molecule has 0 bridgehead atoms. The largest absolute Gasteiger partial charge is 0.396 e. The first-order valence-electron chi connectivity index (χ1n) is 6.87. The average Bonchev–Trinajstić information content (AvgIpc) is 2.77. The number of aliphatic hydroxyl groups is 1. The van der Waals surface area contributed by atoms with Crippen LogP contribution in [0.1, 0.15) is 36.2 Å². The number of hydrogen-bond donors (Lipinski definition) is 2. The summed E-state index contributed by atoms with van der Waals surface area (Å²) >= 11 is 0. The van der Waals surface area contributed by atoms with Crippen molar-refractivity contribution >= 4 is 17.5 Å². The van der Waals surface area contributed by atoms with Crippen molar-refractivity contribution < 1.29 is 14.7 Å². The molecule has 0 radical (unpaired) electrons. The maximum absolute atomic E-state index is 12.5. The molecule has 2 N–H and O–H groups in total. The van der Waals surface area contributed by atoms with Gasteiger partial charge in [-0.1, -0.05) is 0 Å². The number of anilines is 1. The van der Waals surface area contributed by atoms with Gasteiger partial charge in [-0.15, -0.1) is 0 Å². The lowest BCUT2D eigenvalue weighted by molar-refractivity contribution is -0.115. The summed E-state index contributed by atoms with van der Waals surface area (Å²) in [5.74, 6) is -0.0961. The summed E-state index contributed by atoms with van der Waals surface area (Å²) in [7, 11) is 0. The molecule has 0 atom stereocenters. The third-order valence-corrected chi connectivity index (χ3v) is 3.42. The van der Waals surface area contributed by atoms with Gasteiger partial charge in [0, 0.05) is 30.4 Å². The molecule has 1 aliphatic heterocycles. The number of carbonyl (C=O) groups is 2. The quantitative estimate of drug-likeness (QED) is 0.854. The van der Waals surface area contributed by atoms with Crippen LogP contribution < -0.4 is 5.32 Å². The molecular weight excluding hydrogens is 256 g/mol. The number of fused-ring (bicyclic) bond motifs is 1. The van der Waals surface area contributed by atoms with Crippen LogP contribution in [-0.2, 0) is 11.2 Å². The van der Waals surface area contributed by atoms with Gasteiger partial charge in [0.15, 0.2) is 0 Å². The second-order valence-electron chi connectivity index (χ2n) is 5.27. The fourth-order valence-electron chi connectivity index (χ4n) is 2.36. The smallest absolute Gasteiger partial charge is 0.254 e. The molecule has 5 heteroatoms. The Kier molecular flexibility index (Phi) is 4.39. The number of nitrogens with one attached hydrogen (secondary N) is 1. The number of hydrogen-bond acceptors (Lipinski definition) is 3. The predicted molar refractivity (Wildman–Crippen MR) is 76.7 cm³/mol. The molecule has 1 aromatic carbocycles. The molecule has 20 heavy (non-hydrogen) atoms. The number of carbonyl (C=O) groups excluding carboxylic acids is 2. The zero-order chi connectivity index (χ0) is 14.7. The van der Waals surface area contributed by atoms with Crippen LogP contribution >= 0.6 is 0 Å². The number of amides is 2. The first kappa shape index (κ1) is 14.5. The summed E-state index contributed by atoms with van der Waals surface area (Å²) in [6, 6.07) is 5.37. The monoisotopic (exact) mass is 276 g/mol. The van der Waals surface area contributed by atoms with Crippen LogP contribution in [0.5, 0.6) is 0 Å². The normalized spacial score (nSPS) is 13.3. The maximum Gasteiger partial charge on any atom is 0.254 e. The first-order valence-corrected chi connectivity index (χ1v) is 6.87. The molecule has 1 heterocycles. The van der Waals surface area contributed by atoms with Gasteiger partial charge in [-0.05, 0) is 44.0 Å². The van der Waals surface area contributed by atoms with Crippen molar-refractivity contribution in [3.8, 4) is 0 Å². The van der Waals surface area contributed by atoms with Crippen LogP contribution in [0.15, 0.2) is 18.2 Å². The zero-order valence-electron chi connectivity index (χ0n) is 11.8. The molecule has 0 saturated carbocycles. The third kappa shape index (κ3) is 2.99. The summed E-state index contributed by atoms with van der Waals surface area (Å²) in [6.07, 6.45) is 0.893. The number of aliphatic hydroxyl groups excluding tert-OH is 1. The van der Waals surface area contributed by atoms with Gasteiger partial charge in [0.05, 0.1) is 6.42 Å². The van der Waals surface area contributed by atoms with Crippen molar-refractivity contribution in [1.82, 2.24) is 4.90 Å². The van der Waals surface area contributed by atoms with E-state index < -0.39 is 0 Å². The Hall–Kier alpha value is -1.88. The molecule has 0 aromatic heterocycles. The number of nitrogens with zero attached hydrogens (tertiary/aromatic N) is 1. The highest BCUT2D eigenvalue weighted by Gasteiger charge is 2.22. The van der Waals surface area contributed by atoms with Crippen molar-refractivity contribution in [1.29, 1.82) is 0 Å². The lowest BCUT2D eigenvalue weighted by atomic mass is 10.1. The molecule has 5 nitrogen and oxygen atoms in total. The van der Waals surface area contributed by atoms with Crippen LogP contribution in [0, 0.1) is 0 Å². The minimum absolute atomic E-state index is 0.0365. The van der Waals surface area contributed by atoms with Crippen LogP contribution in [-0.4, -0.2) is 41.0 Å². The lowest BCUT2D eigenvalue weighted by Gasteiger charge is -2.26. The van der Waals surface area contributed by atoms with Gasteiger partial charge in [0.25, 0.3) is 5.91 Å². The summed E-state index contributed by atoms with van der Waals surface area (Å²) in [5.41, 5.74) is 2.25. The van der Waals surface area contributed by atoms with E-state index in [0.29, 0.717) is 24.9 Å². The Morgan fingerprint density at radius 3 is 2.85 bits per heavy atom. The molecule has 108 valence electrons. The molecule has 0 unspecified atom stereocenters. The van der Waals surface area contributed by atoms with E-state index in [0.717, 1.165) is 11.3 Å². The molecular formula is C15H20N2O3. The minimum atomic E-state index is -0.0596. The highest BCUT2D eigenvalue weighted by atomic mass is 16.3. The van der Waals surface area contributed by atoms with E-state index in [9.17, 15) is 9.59 Å². The fourth-order valence-corrected chi connectivity index (χ4v) is 2.36. The average molecular weight is 276 g/mol. The standard InChI is InChI=1S/C15H20N2O3/c1-10(2)17(6-3-7-18)15(20)11-4-5-13-12(8-11)9-14(19)16-13/h4-5,8,10,18H,3,6-7,9H2,1-2H3,(H,16,19). The second kappa shape index (κ2) is 6.05. The van der Waals surface area contributed by atoms with Gasteiger partial charge in [-0.2, -0.15) is 0 Å². The highest BCUT2D eigenvalue weighted by molar-refractivity contribution is 6.01. The summed E-state index contributed by atoms with van der Waals surface area (Å²) < 4.78 is 0. The molecule has 0 saturated heterocycles. The molecule has 0 fully saturated rings. The summed E-state index contributed by atoms with van der Waals surface area (Å²) in [4.78, 5) is 25.6. The van der Waals surface area contributed by atoms with Crippen molar-refractivity contribution in [3.63, 3.8) is 0 Å². The van der Waals surface area contributed by atoms with Gasteiger partial charge in [-0.3, -0.25) is 9.59 Å². The van der Waals surface area contributed by atoms with Crippen LogP contribution in [0.4, 0.5) is 5.69 Å². The van der Waals surface area contributed by atoms with Crippen molar-refractivity contribution in [2.75, 3.05) is 18.5 Å². The van der Waals surface area contributed by atoms with Gasteiger partial charge < -0.3 is 15.3 Å². The fraction of sp³-hybridized carbons (Fsp3) is 0.467. The van der Waals surface area contributed by atoms with Gasteiger partial charge in [0.1, 0.15) is 0 Å². The van der Waals surface area contributed by atoms with Crippen molar-refractivity contribution in [3.05, 3.63) is 29.3 Å². The van der Waals surface area contributed by atoms with Crippen molar-refractivity contribution in [2.24, 2.45) is 0 Å². The van der Waals surface area contributed by atoms with E-state index in [1.54, 1.807) is 23.1 Å². The van der Waals surface area contributed by atoms with E-state index in [1.165, 1.54) is 0 Å². The Balaban J connectivity index is 2.19. The van der Waals surface area contributed by atoms with E-state index >= 15 is 0 Å². The zero-order valence-corrected chi connectivity index (χ0v) is 11.8. The Labute approximate surface area is 118 Å². The Morgan fingerprint density at radius 1 is 1.45 bits per heavy atom.